The summed E-state index contributed by atoms with van der Waals surface area (Å²) < 4.78 is 41.0. The fourth-order valence-electron chi connectivity index (χ4n) is 2.78. The van der Waals surface area contributed by atoms with Gasteiger partial charge in [0.25, 0.3) is 5.91 Å². The van der Waals surface area contributed by atoms with Crippen LogP contribution in [0.2, 0.25) is 0 Å². The Morgan fingerprint density at radius 1 is 1.35 bits per heavy atom. The molecule has 0 aliphatic carbocycles. The number of benzene rings is 1. The summed E-state index contributed by atoms with van der Waals surface area (Å²) in [7, 11) is 0. The van der Waals surface area contributed by atoms with Crippen molar-refractivity contribution in [3.05, 3.63) is 29.8 Å². The summed E-state index contributed by atoms with van der Waals surface area (Å²) in [6, 6.07) is 5.61. The molecule has 7 heteroatoms. The third-order valence-electron chi connectivity index (χ3n) is 3.92. The molecule has 1 aromatic rings. The molecular formula is C16H21F3N2O2. The topological polar surface area (TPSA) is 55.6 Å². The number of hydrogen-bond acceptors (Lipinski definition) is 3. The third kappa shape index (κ3) is 4.86. The molecule has 1 heterocycles. The minimum absolute atomic E-state index is 0.00240. The Morgan fingerprint density at radius 2 is 2.00 bits per heavy atom. The van der Waals surface area contributed by atoms with Gasteiger partial charge in [-0.1, -0.05) is 0 Å². The number of carbonyl (C=O) groups is 1. The lowest BCUT2D eigenvalue weighted by Gasteiger charge is -2.38. The van der Waals surface area contributed by atoms with E-state index < -0.39 is 12.8 Å². The van der Waals surface area contributed by atoms with E-state index in [-0.39, 0.29) is 23.7 Å². The van der Waals surface area contributed by atoms with Crippen LogP contribution in [0.15, 0.2) is 24.3 Å². The van der Waals surface area contributed by atoms with Gasteiger partial charge >= 0.3 is 6.18 Å². The van der Waals surface area contributed by atoms with Crippen LogP contribution >= 0.6 is 0 Å². The number of rotatable bonds is 4. The normalized spacial score (nSPS) is 20.2. The van der Waals surface area contributed by atoms with Gasteiger partial charge in [-0.2, -0.15) is 13.2 Å². The second-order valence-electron chi connectivity index (χ2n) is 5.85. The van der Waals surface area contributed by atoms with Crippen molar-refractivity contribution in [3.63, 3.8) is 0 Å². The Balaban J connectivity index is 2.04. The van der Waals surface area contributed by atoms with Gasteiger partial charge in [0.05, 0.1) is 0 Å². The van der Waals surface area contributed by atoms with E-state index in [0.717, 1.165) is 19.3 Å². The Labute approximate surface area is 133 Å². The number of likely N-dealkylation sites (tertiary alicyclic amines) is 1. The van der Waals surface area contributed by atoms with Gasteiger partial charge in [0.1, 0.15) is 5.75 Å². The molecule has 2 unspecified atom stereocenters. The number of piperidine rings is 1. The van der Waals surface area contributed by atoms with Gasteiger partial charge in [0.2, 0.25) is 0 Å². The van der Waals surface area contributed by atoms with Gasteiger partial charge in [0, 0.05) is 24.2 Å². The van der Waals surface area contributed by atoms with Crippen LogP contribution in [0.25, 0.3) is 0 Å². The molecule has 0 radical (unpaired) electrons. The third-order valence-corrected chi connectivity index (χ3v) is 3.92. The SMILES string of the molecule is CC(N)C1CCCCN1C(=O)c1ccc(OCC(F)(F)F)cc1. The van der Waals surface area contributed by atoms with Crippen molar-refractivity contribution in [1.29, 1.82) is 0 Å². The molecule has 1 saturated heterocycles. The Kier molecular flexibility index (Phi) is 5.51. The fourth-order valence-corrected chi connectivity index (χ4v) is 2.78. The number of ether oxygens (including phenoxy) is 1. The van der Waals surface area contributed by atoms with Crippen LogP contribution in [0, 0.1) is 0 Å². The summed E-state index contributed by atoms with van der Waals surface area (Å²) in [5, 5.41) is 0. The molecular weight excluding hydrogens is 309 g/mol. The Bertz CT molecular complexity index is 529. The number of nitrogens with two attached hydrogens (primary N) is 1. The molecule has 23 heavy (non-hydrogen) atoms. The van der Waals surface area contributed by atoms with Crippen LogP contribution in [0.3, 0.4) is 0 Å². The second kappa shape index (κ2) is 7.21. The number of carbonyl (C=O) groups excluding carboxylic acids is 1. The zero-order valence-corrected chi connectivity index (χ0v) is 13.0. The maximum atomic E-state index is 12.6. The van der Waals surface area contributed by atoms with Gasteiger partial charge in [-0.25, -0.2) is 0 Å². The zero-order valence-electron chi connectivity index (χ0n) is 13.0. The standard InChI is InChI=1S/C16H21F3N2O2/c1-11(20)14-4-2-3-9-21(14)15(22)12-5-7-13(8-6-12)23-10-16(17,18)19/h5-8,11,14H,2-4,9-10,20H2,1H3. The van der Waals surface area contributed by atoms with E-state index >= 15 is 0 Å². The first-order valence-corrected chi connectivity index (χ1v) is 7.64. The van der Waals surface area contributed by atoms with Crippen LogP contribution in [-0.4, -0.2) is 42.2 Å². The molecule has 0 spiro atoms. The molecule has 2 N–H and O–H groups in total. The largest absolute Gasteiger partial charge is 0.484 e. The van der Waals surface area contributed by atoms with E-state index in [0.29, 0.717) is 12.1 Å². The fraction of sp³-hybridized carbons (Fsp3) is 0.562. The molecule has 128 valence electrons. The van der Waals surface area contributed by atoms with Crippen molar-refractivity contribution in [1.82, 2.24) is 4.90 Å². The second-order valence-corrected chi connectivity index (χ2v) is 5.85. The minimum atomic E-state index is -4.38. The van der Waals surface area contributed by atoms with E-state index in [1.165, 1.54) is 24.3 Å². The van der Waals surface area contributed by atoms with Crippen molar-refractivity contribution in [2.75, 3.05) is 13.2 Å². The highest BCUT2D eigenvalue weighted by molar-refractivity contribution is 5.94. The van der Waals surface area contributed by atoms with Crippen LogP contribution in [0.1, 0.15) is 36.5 Å². The average molecular weight is 330 g/mol. The lowest BCUT2D eigenvalue weighted by Crippen LogP contribution is -2.51. The van der Waals surface area contributed by atoms with Crippen LogP contribution < -0.4 is 10.5 Å². The molecule has 4 nitrogen and oxygen atoms in total. The zero-order chi connectivity index (χ0) is 17.0. The van der Waals surface area contributed by atoms with E-state index in [1.807, 2.05) is 6.92 Å². The summed E-state index contributed by atoms with van der Waals surface area (Å²) in [5.74, 6) is -0.0596. The maximum Gasteiger partial charge on any atom is 0.422 e. The predicted octanol–water partition coefficient (Wildman–Crippen LogP) is 2.97. The van der Waals surface area contributed by atoms with E-state index in [1.54, 1.807) is 4.90 Å². The smallest absolute Gasteiger partial charge is 0.422 e. The molecule has 1 aliphatic heterocycles. The van der Waals surface area contributed by atoms with E-state index in [2.05, 4.69) is 4.74 Å². The molecule has 0 aromatic heterocycles. The van der Waals surface area contributed by atoms with Crippen LogP contribution in [0.5, 0.6) is 5.75 Å². The summed E-state index contributed by atoms with van der Waals surface area (Å²) in [4.78, 5) is 14.4. The number of amides is 1. The Hall–Kier alpha value is -1.76. The van der Waals surface area contributed by atoms with Crippen LogP contribution in [0.4, 0.5) is 13.2 Å². The molecule has 1 aliphatic rings. The maximum absolute atomic E-state index is 12.6. The molecule has 2 atom stereocenters. The van der Waals surface area contributed by atoms with Crippen molar-refractivity contribution < 1.29 is 22.7 Å². The number of halogens is 3. The summed E-state index contributed by atoms with van der Waals surface area (Å²) in [6.07, 6.45) is -1.54. The van der Waals surface area contributed by atoms with E-state index in [9.17, 15) is 18.0 Å². The van der Waals surface area contributed by atoms with Gasteiger partial charge < -0.3 is 15.4 Å². The molecule has 0 saturated carbocycles. The molecule has 2 rings (SSSR count). The molecule has 1 aromatic carbocycles. The lowest BCUT2D eigenvalue weighted by molar-refractivity contribution is -0.153. The van der Waals surface area contributed by atoms with Crippen molar-refractivity contribution in [3.8, 4) is 5.75 Å². The highest BCUT2D eigenvalue weighted by Crippen LogP contribution is 2.23. The number of alkyl halides is 3. The lowest BCUT2D eigenvalue weighted by atomic mass is 9.96. The predicted molar refractivity (Wildman–Crippen MR) is 80.3 cm³/mol. The highest BCUT2D eigenvalue weighted by Gasteiger charge is 2.30. The van der Waals surface area contributed by atoms with Crippen molar-refractivity contribution in [2.45, 2.75) is 44.4 Å². The van der Waals surface area contributed by atoms with E-state index in [4.69, 9.17) is 5.73 Å². The van der Waals surface area contributed by atoms with Gasteiger partial charge in [0.15, 0.2) is 6.61 Å². The van der Waals surface area contributed by atoms with Crippen molar-refractivity contribution >= 4 is 5.91 Å². The first-order valence-electron chi connectivity index (χ1n) is 7.64. The van der Waals surface area contributed by atoms with Crippen LogP contribution in [-0.2, 0) is 0 Å². The summed E-state index contributed by atoms with van der Waals surface area (Å²) in [5.41, 5.74) is 6.39. The van der Waals surface area contributed by atoms with Crippen molar-refractivity contribution in [2.24, 2.45) is 5.73 Å². The quantitative estimate of drug-likeness (QED) is 0.923. The minimum Gasteiger partial charge on any atom is -0.484 e. The number of nitrogens with zero attached hydrogens (tertiary/aromatic N) is 1. The van der Waals surface area contributed by atoms with Gasteiger partial charge in [-0.05, 0) is 50.5 Å². The highest BCUT2D eigenvalue weighted by atomic mass is 19.4. The summed E-state index contributed by atoms with van der Waals surface area (Å²) >= 11 is 0. The molecule has 1 amide bonds. The average Bonchev–Trinajstić information content (AvgIpc) is 2.52. The van der Waals surface area contributed by atoms with Gasteiger partial charge in [-0.15, -0.1) is 0 Å². The monoisotopic (exact) mass is 330 g/mol. The Morgan fingerprint density at radius 3 is 2.57 bits per heavy atom. The molecule has 0 bridgehead atoms. The number of hydrogen-bond donors (Lipinski definition) is 1. The first kappa shape index (κ1) is 17.6. The van der Waals surface area contributed by atoms with Gasteiger partial charge in [-0.3, -0.25) is 4.79 Å². The first-order chi connectivity index (χ1) is 10.8. The molecule has 1 fully saturated rings. The summed E-state index contributed by atoms with van der Waals surface area (Å²) in [6.45, 7) is 1.18.